The Morgan fingerprint density at radius 1 is 1.28 bits per heavy atom. The van der Waals surface area contributed by atoms with Gasteiger partial charge >= 0.3 is 6.18 Å². The van der Waals surface area contributed by atoms with Gasteiger partial charge in [-0.05, 0) is 25.0 Å². The summed E-state index contributed by atoms with van der Waals surface area (Å²) in [5.41, 5.74) is -1.29. The van der Waals surface area contributed by atoms with Crippen LogP contribution in [-0.4, -0.2) is 39.6 Å². The largest absolute Gasteiger partial charge is 0.433 e. The van der Waals surface area contributed by atoms with Crippen LogP contribution in [0.15, 0.2) is 30.6 Å². The van der Waals surface area contributed by atoms with Gasteiger partial charge in [-0.2, -0.15) is 13.2 Å². The fourth-order valence-corrected chi connectivity index (χ4v) is 2.86. The minimum Gasteiger partial charge on any atom is -0.348 e. The summed E-state index contributed by atoms with van der Waals surface area (Å²) in [7, 11) is 1.91. The smallest absolute Gasteiger partial charge is 0.348 e. The number of carbonyl (C=O) groups excluding carboxylic acids is 1. The van der Waals surface area contributed by atoms with Crippen LogP contribution < -0.4 is 10.2 Å². The number of halogens is 3. The van der Waals surface area contributed by atoms with Crippen LogP contribution in [-0.2, 0) is 13.2 Å². The van der Waals surface area contributed by atoms with Crippen molar-refractivity contribution in [3.05, 3.63) is 42.0 Å². The molecule has 25 heavy (non-hydrogen) atoms. The molecule has 0 aliphatic carbocycles. The van der Waals surface area contributed by atoms with Gasteiger partial charge < -0.3 is 14.8 Å². The van der Waals surface area contributed by atoms with Gasteiger partial charge in [0, 0.05) is 38.6 Å². The number of imidazole rings is 1. The number of nitrogens with one attached hydrogen (secondary N) is 1. The Hall–Kier alpha value is -2.58. The number of rotatable bonds is 3. The van der Waals surface area contributed by atoms with Crippen molar-refractivity contribution in [2.75, 3.05) is 18.0 Å². The lowest BCUT2D eigenvalue weighted by molar-refractivity contribution is -0.141. The van der Waals surface area contributed by atoms with Crippen molar-refractivity contribution in [3.63, 3.8) is 0 Å². The molecule has 0 spiro atoms. The molecule has 1 amide bonds. The fourth-order valence-electron chi connectivity index (χ4n) is 2.86. The quantitative estimate of drug-likeness (QED) is 0.919. The number of carbonyl (C=O) groups is 1. The van der Waals surface area contributed by atoms with Crippen LogP contribution in [0, 0.1) is 0 Å². The zero-order chi connectivity index (χ0) is 18.0. The van der Waals surface area contributed by atoms with Crippen molar-refractivity contribution in [2.24, 2.45) is 7.05 Å². The minimum atomic E-state index is -4.57. The molecule has 3 rings (SSSR count). The summed E-state index contributed by atoms with van der Waals surface area (Å²) >= 11 is 0. The van der Waals surface area contributed by atoms with E-state index in [0.717, 1.165) is 12.0 Å². The highest BCUT2D eigenvalue weighted by molar-refractivity contribution is 5.92. The monoisotopic (exact) mass is 353 g/mol. The molecule has 1 aliphatic heterocycles. The first-order chi connectivity index (χ1) is 11.8. The molecular weight excluding hydrogens is 335 g/mol. The average molecular weight is 353 g/mol. The van der Waals surface area contributed by atoms with Gasteiger partial charge in [-0.15, -0.1) is 0 Å². The van der Waals surface area contributed by atoms with Crippen LogP contribution in [0.4, 0.5) is 19.1 Å². The Kier molecular flexibility index (Phi) is 4.65. The molecule has 2 aromatic rings. The molecule has 0 bridgehead atoms. The number of nitrogens with zero attached hydrogens (tertiary/aromatic N) is 4. The Bertz CT molecular complexity index is 750. The van der Waals surface area contributed by atoms with E-state index in [0.29, 0.717) is 25.9 Å². The summed E-state index contributed by atoms with van der Waals surface area (Å²) in [5.74, 6) is 0.283. The van der Waals surface area contributed by atoms with Gasteiger partial charge in [-0.25, -0.2) is 9.97 Å². The van der Waals surface area contributed by atoms with Gasteiger partial charge in [0.1, 0.15) is 11.4 Å². The molecule has 1 aliphatic rings. The van der Waals surface area contributed by atoms with E-state index in [9.17, 15) is 18.0 Å². The number of hydrogen-bond acceptors (Lipinski definition) is 4. The summed E-state index contributed by atoms with van der Waals surface area (Å²) in [6, 6.07) is 3.23. The third-order valence-corrected chi connectivity index (χ3v) is 4.18. The van der Waals surface area contributed by atoms with Gasteiger partial charge in [0.2, 0.25) is 5.95 Å². The first-order valence-corrected chi connectivity index (χ1v) is 7.92. The highest BCUT2D eigenvalue weighted by Crippen LogP contribution is 2.27. The maximum absolute atomic E-state index is 12.7. The number of pyridine rings is 1. The summed E-state index contributed by atoms with van der Waals surface area (Å²) in [6.07, 6.45) is 0.407. The van der Waals surface area contributed by atoms with Gasteiger partial charge in [0.15, 0.2) is 0 Å². The predicted molar refractivity (Wildman–Crippen MR) is 85.1 cm³/mol. The normalized spacial score (nSPS) is 16.1. The molecule has 0 saturated carbocycles. The summed E-state index contributed by atoms with van der Waals surface area (Å²) in [4.78, 5) is 22.0. The second kappa shape index (κ2) is 6.73. The van der Waals surface area contributed by atoms with Crippen molar-refractivity contribution in [2.45, 2.75) is 25.1 Å². The number of alkyl halides is 3. The fraction of sp³-hybridized carbons (Fsp3) is 0.438. The van der Waals surface area contributed by atoms with Gasteiger partial charge in [-0.1, -0.05) is 6.07 Å². The molecule has 0 atom stereocenters. The van der Waals surface area contributed by atoms with Crippen molar-refractivity contribution >= 4 is 11.9 Å². The third kappa shape index (κ3) is 3.92. The lowest BCUT2D eigenvalue weighted by atomic mass is 10.1. The molecule has 2 aromatic heterocycles. The van der Waals surface area contributed by atoms with Crippen molar-refractivity contribution < 1.29 is 18.0 Å². The molecule has 6 nitrogen and oxygen atoms in total. The van der Waals surface area contributed by atoms with Gasteiger partial charge in [0.05, 0.1) is 0 Å². The molecule has 3 heterocycles. The van der Waals surface area contributed by atoms with Crippen LogP contribution in [0.25, 0.3) is 0 Å². The van der Waals surface area contributed by atoms with Gasteiger partial charge in [0.25, 0.3) is 5.91 Å². The molecule has 0 unspecified atom stereocenters. The van der Waals surface area contributed by atoms with Crippen LogP contribution in [0.5, 0.6) is 0 Å². The van der Waals surface area contributed by atoms with E-state index in [1.807, 2.05) is 17.8 Å². The standard InChI is InChI=1S/C16H18F3N5O/c1-23-10-7-20-15(23)24-8-5-11(6-9-24)21-14(25)12-3-2-4-13(22-12)16(17,18)19/h2-4,7,10-11H,5-6,8-9H2,1H3,(H,21,25). The zero-order valence-electron chi connectivity index (χ0n) is 13.6. The highest BCUT2D eigenvalue weighted by Gasteiger charge is 2.33. The molecule has 0 aromatic carbocycles. The SMILES string of the molecule is Cn1ccnc1N1CCC(NC(=O)c2cccc(C(F)(F)F)n2)CC1. The minimum absolute atomic E-state index is 0.0969. The Labute approximate surface area is 142 Å². The van der Waals surface area contributed by atoms with Crippen molar-refractivity contribution in [1.29, 1.82) is 0 Å². The molecule has 1 fully saturated rings. The summed E-state index contributed by atoms with van der Waals surface area (Å²) in [5, 5.41) is 2.77. The van der Waals surface area contributed by atoms with E-state index in [1.54, 1.807) is 6.20 Å². The van der Waals surface area contributed by atoms with E-state index in [4.69, 9.17) is 0 Å². The van der Waals surface area contributed by atoms with E-state index in [-0.39, 0.29) is 11.7 Å². The molecule has 9 heteroatoms. The Morgan fingerprint density at radius 2 is 2.00 bits per heavy atom. The van der Waals surface area contributed by atoms with Gasteiger partial charge in [-0.3, -0.25) is 4.79 Å². The first kappa shape index (κ1) is 17.2. The van der Waals surface area contributed by atoms with E-state index in [2.05, 4.69) is 20.2 Å². The molecule has 134 valence electrons. The molecule has 1 saturated heterocycles. The maximum Gasteiger partial charge on any atom is 0.433 e. The number of anilines is 1. The summed E-state index contributed by atoms with van der Waals surface area (Å²) in [6.45, 7) is 1.43. The Morgan fingerprint density at radius 3 is 2.60 bits per heavy atom. The Balaban J connectivity index is 1.59. The number of aryl methyl sites for hydroxylation is 1. The topological polar surface area (TPSA) is 63.1 Å². The van der Waals surface area contributed by atoms with Crippen LogP contribution >= 0.6 is 0 Å². The van der Waals surface area contributed by atoms with Crippen molar-refractivity contribution in [3.8, 4) is 0 Å². The second-order valence-corrected chi connectivity index (χ2v) is 5.98. The molecular formula is C16H18F3N5O. The zero-order valence-corrected chi connectivity index (χ0v) is 13.6. The molecule has 1 N–H and O–H groups in total. The van der Waals surface area contributed by atoms with Crippen LogP contribution in [0.3, 0.4) is 0 Å². The van der Waals surface area contributed by atoms with E-state index in [1.165, 1.54) is 12.1 Å². The lowest BCUT2D eigenvalue weighted by Gasteiger charge is -2.32. The first-order valence-electron chi connectivity index (χ1n) is 7.92. The maximum atomic E-state index is 12.7. The number of hydrogen-bond donors (Lipinski definition) is 1. The third-order valence-electron chi connectivity index (χ3n) is 4.18. The summed E-state index contributed by atoms with van der Waals surface area (Å²) < 4.78 is 40.0. The average Bonchev–Trinajstić information content (AvgIpc) is 3.01. The van der Waals surface area contributed by atoms with Crippen molar-refractivity contribution in [1.82, 2.24) is 19.9 Å². The number of piperidine rings is 1. The lowest BCUT2D eigenvalue weighted by Crippen LogP contribution is -2.45. The highest BCUT2D eigenvalue weighted by atomic mass is 19.4. The second-order valence-electron chi connectivity index (χ2n) is 5.98. The molecule has 0 radical (unpaired) electrons. The van der Waals surface area contributed by atoms with Crippen LogP contribution in [0.2, 0.25) is 0 Å². The number of amides is 1. The van der Waals surface area contributed by atoms with E-state index < -0.39 is 17.8 Å². The van der Waals surface area contributed by atoms with Crippen LogP contribution in [0.1, 0.15) is 29.0 Å². The predicted octanol–water partition coefficient (Wildman–Crippen LogP) is 2.23. The number of aromatic nitrogens is 3. The van der Waals surface area contributed by atoms with E-state index >= 15 is 0 Å².